The summed E-state index contributed by atoms with van der Waals surface area (Å²) in [6.45, 7) is 10.7. The lowest BCUT2D eigenvalue weighted by molar-refractivity contribution is -0.122. The van der Waals surface area contributed by atoms with Gasteiger partial charge in [0.05, 0.1) is 6.17 Å². The number of piperidine rings is 2. The predicted octanol–water partition coefficient (Wildman–Crippen LogP) is 4.06. The van der Waals surface area contributed by atoms with E-state index in [0.29, 0.717) is 43.4 Å². The molecule has 0 spiro atoms. The largest absolute Gasteiger partial charge is 0.381 e. The van der Waals surface area contributed by atoms with Crippen LogP contribution in [0.4, 0.5) is 0 Å². The van der Waals surface area contributed by atoms with E-state index in [-0.39, 0.29) is 24.0 Å². The Morgan fingerprint density at radius 3 is 2.57 bits per heavy atom. The molecule has 8 unspecified atom stereocenters. The van der Waals surface area contributed by atoms with E-state index < -0.39 is 0 Å². The van der Waals surface area contributed by atoms with E-state index in [1.165, 1.54) is 58.0 Å². The second kappa shape index (κ2) is 17.8. The fourth-order valence-electron chi connectivity index (χ4n) is 9.57. The first kappa shape index (κ1) is 34.3. The minimum Gasteiger partial charge on any atom is -0.381 e. The highest BCUT2D eigenvalue weighted by Gasteiger charge is 2.44. The normalized spacial score (nSPS) is 36.1. The lowest BCUT2D eigenvalue weighted by atomic mass is 9.70. The molecule has 252 valence electrons. The van der Waals surface area contributed by atoms with Crippen LogP contribution >= 0.6 is 0 Å². The van der Waals surface area contributed by atoms with Crippen LogP contribution in [0, 0.1) is 35.5 Å². The van der Waals surface area contributed by atoms with Crippen molar-refractivity contribution in [3.63, 3.8) is 0 Å². The Bertz CT molecular complexity index is 888. The Kier molecular flexibility index (Phi) is 13.9. The molecule has 0 bridgehead atoms. The highest BCUT2D eigenvalue weighted by Crippen LogP contribution is 2.42. The molecule has 5 aliphatic rings. The summed E-state index contributed by atoms with van der Waals surface area (Å²) in [5.74, 6) is 3.89. The number of carbonyl (C=O) groups is 1. The van der Waals surface area contributed by atoms with Crippen molar-refractivity contribution < 1.29 is 9.53 Å². The zero-order valence-corrected chi connectivity index (χ0v) is 28.1. The third-order valence-electron chi connectivity index (χ3n) is 12.0. The Morgan fingerprint density at radius 1 is 1.00 bits per heavy atom. The summed E-state index contributed by atoms with van der Waals surface area (Å²) in [5.41, 5.74) is 8.13. The first-order chi connectivity index (χ1) is 21.6. The Hall–Kier alpha value is -1.03. The van der Waals surface area contributed by atoms with Gasteiger partial charge in [0.15, 0.2) is 0 Å². The van der Waals surface area contributed by atoms with Gasteiger partial charge in [0.1, 0.15) is 0 Å². The molecular formula is C36H66N6O2. The minimum atomic E-state index is 0.186. The first-order valence-electron chi connectivity index (χ1n) is 18.8. The van der Waals surface area contributed by atoms with Crippen LogP contribution in [-0.4, -0.2) is 76.1 Å². The summed E-state index contributed by atoms with van der Waals surface area (Å²) in [6.07, 6.45) is 19.7. The van der Waals surface area contributed by atoms with Crippen LogP contribution in [0.5, 0.6) is 0 Å². The molecule has 3 heterocycles. The van der Waals surface area contributed by atoms with Crippen molar-refractivity contribution in [3.8, 4) is 0 Å². The van der Waals surface area contributed by atoms with Crippen molar-refractivity contribution >= 4 is 5.91 Å². The molecular weight excluding hydrogens is 548 g/mol. The van der Waals surface area contributed by atoms with Gasteiger partial charge in [0.2, 0.25) is 5.91 Å². The van der Waals surface area contributed by atoms with Crippen molar-refractivity contribution in [1.29, 1.82) is 0 Å². The Labute approximate surface area is 268 Å². The standard InChI is InChI=1S/C36H66N6O2/c1-3-33-32(35(41-30-13-17-44-18-14-30)31(23-37)36(42-33)39-4-2)24-40-34(43)22-27-8-6-10-29(21-27)28-9-5-7-26(20-28)19-25-11-15-38-16-12-25/h10,25-28,30-33,35-36,38-39,41-42H,3-9,11-24,37H2,1-2H3,(H,40,43). The Balaban J connectivity index is 1.14. The van der Waals surface area contributed by atoms with Crippen LogP contribution in [0.15, 0.2) is 11.6 Å². The number of ether oxygens (including phenoxy) is 1. The predicted molar refractivity (Wildman–Crippen MR) is 180 cm³/mol. The third kappa shape index (κ3) is 9.51. The van der Waals surface area contributed by atoms with E-state index in [4.69, 9.17) is 10.5 Å². The number of nitrogens with two attached hydrogens (primary N) is 1. The lowest BCUT2D eigenvalue weighted by Gasteiger charge is -2.50. The molecule has 2 aliphatic carbocycles. The monoisotopic (exact) mass is 615 g/mol. The molecule has 5 rings (SSSR count). The average molecular weight is 615 g/mol. The quantitative estimate of drug-likeness (QED) is 0.174. The summed E-state index contributed by atoms with van der Waals surface area (Å²) in [7, 11) is 0. The van der Waals surface area contributed by atoms with Crippen LogP contribution < -0.4 is 32.3 Å². The van der Waals surface area contributed by atoms with Gasteiger partial charge in [-0.25, -0.2) is 0 Å². The van der Waals surface area contributed by atoms with Gasteiger partial charge < -0.3 is 31.7 Å². The maximum Gasteiger partial charge on any atom is 0.220 e. The number of rotatable bonds is 13. The molecule has 1 saturated carbocycles. The van der Waals surface area contributed by atoms with Gasteiger partial charge >= 0.3 is 0 Å². The maximum absolute atomic E-state index is 13.5. The molecule has 4 fully saturated rings. The second-order valence-electron chi connectivity index (χ2n) is 15.0. The van der Waals surface area contributed by atoms with Gasteiger partial charge in [-0.2, -0.15) is 0 Å². The van der Waals surface area contributed by atoms with Crippen molar-refractivity contribution in [2.24, 2.45) is 41.2 Å². The molecule has 7 N–H and O–H groups in total. The summed E-state index contributed by atoms with van der Waals surface area (Å²) in [6, 6.07) is 1.03. The topological polar surface area (TPSA) is 112 Å². The Morgan fingerprint density at radius 2 is 1.82 bits per heavy atom. The number of carbonyl (C=O) groups excluding carboxylic acids is 1. The van der Waals surface area contributed by atoms with Crippen molar-refractivity contribution in [1.82, 2.24) is 26.6 Å². The fraction of sp³-hybridized carbons (Fsp3) is 0.917. The highest BCUT2D eigenvalue weighted by atomic mass is 16.5. The van der Waals surface area contributed by atoms with Gasteiger partial charge in [0, 0.05) is 56.1 Å². The SMILES string of the molecule is CCNC1NC(CC)C(CNC(=O)CC2CCC=C(C3CCCC(CC4CCNCC4)C3)C2)C(NC2CCOCC2)C1CN. The molecule has 8 atom stereocenters. The number of hydrogen-bond donors (Lipinski definition) is 6. The number of allylic oxidation sites excluding steroid dienone is 2. The maximum atomic E-state index is 13.5. The van der Waals surface area contributed by atoms with E-state index in [9.17, 15) is 4.79 Å². The van der Waals surface area contributed by atoms with Crippen molar-refractivity contribution in [2.45, 2.75) is 128 Å². The molecule has 0 aromatic carbocycles. The second-order valence-corrected chi connectivity index (χ2v) is 15.0. The van der Waals surface area contributed by atoms with Gasteiger partial charge in [-0.15, -0.1) is 0 Å². The van der Waals surface area contributed by atoms with E-state index in [0.717, 1.165) is 76.0 Å². The smallest absolute Gasteiger partial charge is 0.220 e. The summed E-state index contributed by atoms with van der Waals surface area (Å²) in [5, 5.41) is 18.6. The van der Waals surface area contributed by atoms with E-state index in [1.54, 1.807) is 5.57 Å². The van der Waals surface area contributed by atoms with Gasteiger partial charge in [0.25, 0.3) is 0 Å². The fourth-order valence-corrected chi connectivity index (χ4v) is 9.57. The summed E-state index contributed by atoms with van der Waals surface area (Å²) < 4.78 is 5.65. The lowest BCUT2D eigenvalue weighted by Crippen LogP contribution is -2.70. The first-order valence-corrected chi connectivity index (χ1v) is 18.8. The number of amides is 1. The number of hydrogen-bond acceptors (Lipinski definition) is 7. The highest BCUT2D eigenvalue weighted by molar-refractivity contribution is 5.76. The van der Waals surface area contributed by atoms with Gasteiger partial charge in [-0.05, 0) is 120 Å². The van der Waals surface area contributed by atoms with Crippen molar-refractivity contribution in [3.05, 3.63) is 11.6 Å². The third-order valence-corrected chi connectivity index (χ3v) is 12.0. The zero-order chi connectivity index (χ0) is 30.7. The zero-order valence-electron chi connectivity index (χ0n) is 28.1. The van der Waals surface area contributed by atoms with E-state index in [1.807, 2.05) is 0 Å². The summed E-state index contributed by atoms with van der Waals surface area (Å²) >= 11 is 0. The molecule has 3 aliphatic heterocycles. The van der Waals surface area contributed by atoms with E-state index >= 15 is 0 Å². The van der Waals surface area contributed by atoms with Crippen LogP contribution in [0.2, 0.25) is 0 Å². The van der Waals surface area contributed by atoms with Crippen LogP contribution in [0.25, 0.3) is 0 Å². The van der Waals surface area contributed by atoms with Gasteiger partial charge in [-0.3, -0.25) is 10.1 Å². The molecule has 44 heavy (non-hydrogen) atoms. The molecule has 8 heteroatoms. The molecule has 0 aromatic rings. The van der Waals surface area contributed by atoms with E-state index in [2.05, 4.69) is 46.5 Å². The van der Waals surface area contributed by atoms with Crippen LogP contribution in [-0.2, 0) is 9.53 Å². The molecule has 0 aromatic heterocycles. The molecule has 8 nitrogen and oxygen atoms in total. The molecule has 1 amide bonds. The van der Waals surface area contributed by atoms with Crippen LogP contribution in [0.1, 0.15) is 104 Å². The van der Waals surface area contributed by atoms with Crippen molar-refractivity contribution in [2.75, 3.05) is 45.9 Å². The average Bonchev–Trinajstić information content (AvgIpc) is 3.05. The van der Waals surface area contributed by atoms with Gasteiger partial charge in [-0.1, -0.05) is 38.3 Å². The molecule has 3 saturated heterocycles. The minimum absolute atomic E-state index is 0.186. The van der Waals surface area contributed by atoms with Crippen LogP contribution in [0.3, 0.4) is 0 Å². The number of nitrogens with one attached hydrogen (secondary N) is 5. The molecule has 0 radical (unpaired) electrons. The summed E-state index contributed by atoms with van der Waals surface area (Å²) in [4.78, 5) is 13.5.